The summed E-state index contributed by atoms with van der Waals surface area (Å²) in [5, 5.41) is 18.5. The second-order valence-electron chi connectivity index (χ2n) is 9.01. The third-order valence-corrected chi connectivity index (χ3v) is 6.50. The van der Waals surface area contributed by atoms with Crippen LogP contribution in [0.4, 0.5) is 0 Å². The second kappa shape index (κ2) is 17.7. The van der Waals surface area contributed by atoms with E-state index < -0.39 is 11.7 Å². The summed E-state index contributed by atoms with van der Waals surface area (Å²) >= 11 is 1.87. The highest BCUT2D eigenvalue weighted by atomic mass is 32.2. The minimum atomic E-state index is -1.38. The van der Waals surface area contributed by atoms with Crippen molar-refractivity contribution < 1.29 is 24.5 Å². The van der Waals surface area contributed by atoms with Crippen molar-refractivity contribution in [3.63, 3.8) is 0 Å². The first-order chi connectivity index (χ1) is 18.8. The summed E-state index contributed by atoms with van der Waals surface area (Å²) in [6, 6.07) is 26.4. The van der Waals surface area contributed by atoms with Gasteiger partial charge in [0.2, 0.25) is 0 Å². The van der Waals surface area contributed by atoms with E-state index in [1.54, 1.807) is 0 Å². The molecule has 1 amide bonds. The zero-order chi connectivity index (χ0) is 28.5. The number of nitrogens with one attached hydrogen (secondary N) is 1. The molecule has 0 fully saturated rings. The van der Waals surface area contributed by atoms with Gasteiger partial charge in [0.15, 0.2) is 5.76 Å². The molecule has 0 saturated carbocycles. The van der Waals surface area contributed by atoms with E-state index in [9.17, 15) is 9.59 Å². The zero-order valence-corrected chi connectivity index (χ0v) is 23.5. The number of para-hydroxylation sites is 1. The van der Waals surface area contributed by atoms with Gasteiger partial charge in [-0.2, -0.15) is 11.8 Å². The van der Waals surface area contributed by atoms with Gasteiger partial charge in [-0.05, 0) is 81.0 Å². The average molecular weight is 551 g/mol. The number of thioether (sulfide) groups is 1. The van der Waals surface area contributed by atoms with E-state index in [0.29, 0.717) is 18.7 Å². The van der Waals surface area contributed by atoms with Crippen molar-refractivity contribution in [1.29, 1.82) is 0 Å². The molecular formula is C31H38N2O5S. The molecule has 0 spiro atoms. The Labute approximate surface area is 235 Å². The van der Waals surface area contributed by atoms with Gasteiger partial charge in [0, 0.05) is 23.6 Å². The van der Waals surface area contributed by atoms with E-state index in [1.165, 1.54) is 5.56 Å². The average Bonchev–Trinajstić information content (AvgIpc) is 2.94. The molecule has 0 heterocycles. The highest BCUT2D eigenvalue weighted by Crippen LogP contribution is 2.22. The molecule has 0 radical (unpaired) electrons. The molecule has 3 aromatic carbocycles. The molecule has 3 N–H and O–H groups in total. The summed E-state index contributed by atoms with van der Waals surface area (Å²) in [5.74, 6) is 0.632. The molecule has 0 aliphatic heterocycles. The molecule has 8 heteroatoms. The van der Waals surface area contributed by atoms with E-state index >= 15 is 0 Å². The van der Waals surface area contributed by atoms with Crippen molar-refractivity contribution in [2.75, 3.05) is 39.5 Å². The Bertz CT molecular complexity index is 1140. The molecule has 0 atom stereocenters. The zero-order valence-electron chi connectivity index (χ0n) is 22.6. The number of hydrogen-bond donors (Lipinski definition) is 3. The smallest absolute Gasteiger partial charge is 0.370 e. The predicted molar refractivity (Wildman–Crippen MR) is 160 cm³/mol. The number of carboxylic acids is 1. The normalized spacial score (nSPS) is 10.3. The van der Waals surface area contributed by atoms with E-state index in [-0.39, 0.29) is 5.91 Å². The molecule has 0 saturated heterocycles. The molecule has 208 valence electrons. The summed E-state index contributed by atoms with van der Waals surface area (Å²) < 4.78 is 5.74. The Balaban J connectivity index is 0.000000798. The maximum Gasteiger partial charge on any atom is 0.370 e. The molecule has 0 aliphatic rings. The number of hydrogen-bond acceptors (Lipinski definition) is 6. The number of carbonyl (C=O) groups excluding carboxylic acids is 1. The fourth-order valence-electron chi connectivity index (χ4n) is 3.39. The summed E-state index contributed by atoms with van der Waals surface area (Å²) in [6.07, 6.45) is 2.08. The standard InChI is InChI=1S/C28H34N2O2S.C3H4O3/c1-30(2)19-7-6-18-29-28(31)26-16-14-25(15-17-26)24-12-10-23(11-13-24)22-33-21-20-32-27-8-4-3-5-9-27;1-2(4)3(5)6/h3-5,8-17H,6-7,18-22H2,1-2H3,(H,29,31);4H,1H2,(H,5,6). The molecule has 3 aromatic rings. The Morgan fingerprint density at radius 3 is 2.05 bits per heavy atom. The lowest BCUT2D eigenvalue weighted by molar-refractivity contribution is -0.135. The molecule has 39 heavy (non-hydrogen) atoms. The van der Waals surface area contributed by atoms with Crippen molar-refractivity contribution >= 4 is 23.6 Å². The fourth-order valence-corrected chi connectivity index (χ4v) is 4.16. The number of aliphatic carboxylic acids is 1. The Morgan fingerprint density at radius 2 is 1.49 bits per heavy atom. The molecule has 3 rings (SSSR count). The molecule has 0 bridgehead atoms. The van der Waals surface area contributed by atoms with Crippen molar-refractivity contribution in [2.45, 2.75) is 18.6 Å². The maximum atomic E-state index is 12.3. The SMILES string of the molecule is C=C(O)C(=O)O.CN(C)CCCCNC(=O)c1ccc(-c2ccc(CSCCOc3ccccc3)cc2)cc1. The number of carboxylic acid groups (broad SMARTS) is 1. The van der Waals surface area contributed by atoms with Crippen LogP contribution < -0.4 is 10.1 Å². The van der Waals surface area contributed by atoms with Gasteiger partial charge in [-0.25, -0.2) is 4.79 Å². The number of amides is 1. The maximum absolute atomic E-state index is 12.3. The van der Waals surface area contributed by atoms with Crippen LogP contribution in [0.15, 0.2) is 91.2 Å². The topological polar surface area (TPSA) is 99.1 Å². The first-order valence-electron chi connectivity index (χ1n) is 12.8. The number of nitrogens with zero attached hydrogens (tertiary/aromatic N) is 1. The van der Waals surface area contributed by atoms with E-state index in [0.717, 1.165) is 47.8 Å². The van der Waals surface area contributed by atoms with Gasteiger partial charge in [-0.15, -0.1) is 0 Å². The fraction of sp³-hybridized carbons (Fsp3) is 0.290. The number of benzene rings is 3. The second-order valence-corrected chi connectivity index (χ2v) is 10.1. The van der Waals surface area contributed by atoms with Crippen LogP contribution in [0.5, 0.6) is 5.75 Å². The van der Waals surface area contributed by atoms with E-state index in [2.05, 4.69) is 55.2 Å². The third kappa shape index (κ3) is 13.0. The molecule has 7 nitrogen and oxygen atoms in total. The molecular weight excluding hydrogens is 512 g/mol. The van der Waals surface area contributed by atoms with Crippen LogP contribution >= 0.6 is 11.8 Å². The van der Waals surface area contributed by atoms with Crippen LogP contribution in [-0.2, 0) is 10.5 Å². The van der Waals surface area contributed by atoms with Gasteiger partial charge >= 0.3 is 5.97 Å². The lowest BCUT2D eigenvalue weighted by Crippen LogP contribution is -2.25. The monoisotopic (exact) mass is 550 g/mol. The molecule has 0 unspecified atom stereocenters. The quantitative estimate of drug-likeness (QED) is 0.131. The first-order valence-corrected chi connectivity index (χ1v) is 13.9. The summed E-state index contributed by atoms with van der Waals surface area (Å²) in [7, 11) is 4.13. The molecule has 0 aliphatic carbocycles. The van der Waals surface area contributed by atoms with Gasteiger partial charge in [0.1, 0.15) is 5.75 Å². The Hall–Kier alpha value is -3.75. The van der Waals surface area contributed by atoms with Crippen LogP contribution in [-0.4, -0.2) is 66.5 Å². The highest BCUT2D eigenvalue weighted by molar-refractivity contribution is 7.98. The number of aliphatic hydroxyl groups excluding tert-OH is 1. The van der Waals surface area contributed by atoms with Crippen LogP contribution in [0.3, 0.4) is 0 Å². The number of unbranched alkanes of at least 4 members (excludes halogenated alkanes) is 1. The molecule has 0 aromatic heterocycles. The number of carbonyl (C=O) groups is 2. The van der Waals surface area contributed by atoms with Crippen molar-refractivity contribution in [1.82, 2.24) is 10.2 Å². The van der Waals surface area contributed by atoms with Crippen molar-refractivity contribution in [2.24, 2.45) is 0 Å². The Morgan fingerprint density at radius 1 is 0.897 bits per heavy atom. The number of rotatable bonds is 14. The van der Waals surface area contributed by atoms with E-state index in [1.807, 2.05) is 66.4 Å². The highest BCUT2D eigenvalue weighted by Gasteiger charge is 2.06. The van der Waals surface area contributed by atoms with Gasteiger partial charge in [0.05, 0.1) is 6.61 Å². The van der Waals surface area contributed by atoms with Crippen LogP contribution in [0, 0.1) is 0 Å². The van der Waals surface area contributed by atoms with Crippen LogP contribution in [0.2, 0.25) is 0 Å². The summed E-state index contributed by atoms with van der Waals surface area (Å²) in [5.41, 5.74) is 4.28. The third-order valence-electron chi connectivity index (χ3n) is 5.51. The minimum absolute atomic E-state index is 0.00461. The minimum Gasteiger partial charge on any atom is -0.502 e. The lowest BCUT2D eigenvalue weighted by Gasteiger charge is -2.10. The number of aliphatic hydroxyl groups is 1. The van der Waals surface area contributed by atoms with Crippen LogP contribution in [0.25, 0.3) is 11.1 Å². The van der Waals surface area contributed by atoms with Gasteiger partial charge in [-0.3, -0.25) is 4.79 Å². The van der Waals surface area contributed by atoms with Gasteiger partial charge < -0.3 is 25.2 Å². The van der Waals surface area contributed by atoms with Crippen molar-refractivity contribution in [3.05, 3.63) is 102 Å². The Kier molecular flexibility index (Phi) is 14.3. The first kappa shape index (κ1) is 31.5. The largest absolute Gasteiger partial charge is 0.502 e. The van der Waals surface area contributed by atoms with Crippen molar-refractivity contribution in [3.8, 4) is 16.9 Å². The van der Waals surface area contributed by atoms with Crippen LogP contribution in [0.1, 0.15) is 28.8 Å². The summed E-state index contributed by atoms with van der Waals surface area (Å²) in [4.78, 5) is 23.8. The summed E-state index contributed by atoms with van der Waals surface area (Å²) in [6.45, 7) is 5.18. The van der Waals surface area contributed by atoms with Gasteiger partial charge in [0.25, 0.3) is 5.91 Å². The lowest BCUT2D eigenvalue weighted by atomic mass is 10.0. The van der Waals surface area contributed by atoms with E-state index in [4.69, 9.17) is 14.9 Å². The van der Waals surface area contributed by atoms with Gasteiger partial charge in [-0.1, -0.05) is 54.6 Å². The predicted octanol–water partition coefficient (Wildman–Crippen LogP) is 5.88. The number of ether oxygens (including phenoxy) is 1.